The molecular formula is C10H17NOS. The number of nitrogens with zero attached hydrogens (tertiary/aromatic N) is 1. The lowest BCUT2D eigenvalue weighted by molar-refractivity contribution is -0.127. The van der Waals surface area contributed by atoms with Gasteiger partial charge in [0.25, 0.3) is 0 Å². The molecule has 3 heteroatoms. The molecule has 1 rings (SSSR count). The van der Waals surface area contributed by atoms with Crippen LogP contribution in [-0.2, 0) is 4.79 Å². The van der Waals surface area contributed by atoms with E-state index in [0.29, 0.717) is 18.2 Å². The van der Waals surface area contributed by atoms with Crippen molar-refractivity contribution in [2.24, 2.45) is 5.92 Å². The van der Waals surface area contributed by atoms with Crippen molar-refractivity contribution in [3.63, 3.8) is 0 Å². The van der Waals surface area contributed by atoms with Gasteiger partial charge in [0, 0.05) is 25.3 Å². The Hall–Kier alpha value is -0.440. The average molecular weight is 199 g/mol. The van der Waals surface area contributed by atoms with Crippen LogP contribution in [0.25, 0.3) is 0 Å². The van der Waals surface area contributed by atoms with Crippen molar-refractivity contribution in [1.82, 2.24) is 4.90 Å². The smallest absolute Gasteiger partial charge is 0.223 e. The van der Waals surface area contributed by atoms with Crippen LogP contribution in [0.4, 0.5) is 0 Å². The second-order valence-electron chi connectivity index (χ2n) is 3.66. The van der Waals surface area contributed by atoms with E-state index in [4.69, 9.17) is 0 Å². The first kappa shape index (κ1) is 10.6. The molecule has 1 heterocycles. The van der Waals surface area contributed by atoms with Gasteiger partial charge in [-0.1, -0.05) is 19.9 Å². The quantitative estimate of drug-likeness (QED) is 0.540. The normalized spacial score (nSPS) is 22.5. The molecule has 0 radical (unpaired) electrons. The number of amides is 1. The fourth-order valence-corrected chi connectivity index (χ4v) is 1.70. The second-order valence-corrected chi connectivity index (χ2v) is 3.98. The maximum absolute atomic E-state index is 11.5. The molecule has 0 spiro atoms. The summed E-state index contributed by atoms with van der Waals surface area (Å²) in [6.07, 6.45) is 1.81. The fourth-order valence-electron chi connectivity index (χ4n) is 1.60. The van der Waals surface area contributed by atoms with Crippen molar-refractivity contribution in [2.75, 3.05) is 18.8 Å². The van der Waals surface area contributed by atoms with Crippen LogP contribution in [0.5, 0.6) is 0 Å². The number of hydrogen-bond donors (Lipinski definition) is 1. The zero-order valence-corrected chi connectivity index (χ0v) is 9.02. The zero-order valence-electron chi connectivity index (χ0n) is 8.12. The minimum absolute atomic E-state index is 0.273. The highest BCUT2D eigenvalue weighted by Crippen LogP contribution is 2.21. The molecule has 74 valence electrons. The molecule has 1 atom stereocenters. The second kappa shape index (κ2) is 4.70. The van der Waals surface area contributed by atoms with Gasteiger partial charge in [-0.25, -0.2) is 0 Å². The summed E-state index contributed by atoms with van der Waals surface area (Å²) >= 11 is 4.13. The molecule has 0 bridgehead atoms. The number of carbonyl (C=O) groups is 1. The first-order chi connectivity index (χ1) is 6.17. The molecule has 0 aliphatic carbocycles. The Kier molecular flexibility index (Phi) is 3.85. The van der Waals surface area contributed by atoms with E-state index in [-0.39, 0.29) is 5.91 Å². The van der Waals surface area contributed by atoms with Crippen molar-refractivity contribution in [2.45, 2.75) is 19.8 Å². The lowest BCUT2D eigenvalue weighted by Crippen LogP contribution is -2.27. The Bertz CT molecular complexity index is 215. The van der Waals surface area contributed by atoms with E-state index < -0.39 is 0 Å². The first-order valence-corrected chi connectivity index (χ1v) is 5.35. The predicted octanol–water partition coefficient (Wildman–Crippen LogP) is 1.73. The van der Waals surface area contributed by atoms with Crippen molar-refractivity contribution >= 4 is 18.5 Å². The summed E-state index contributed by atoms with van der Waals surface area (Å²) in [5.74, 6) is 1.50. The summed E-state index contributed by atoms with van der Waals surface area (Å²) in [6.45, 7) is 7.58. The van der Waals surface area contributed by atoms with Gasteiger partial charge >= 0.3 is 0 Å². The van der Waals surface area contributed by atoms with Gasteiger partial charge in [0.1, 0.15) is 0 Å². The van der Waals surface area contributed by atoms with Crippen molar-refractivity contribution in [1.29, 1.82) is 0 Å². The molecule has 0 aromatic rings. The lowest BCUT2D eigenvalue weighted by Gasteiger charge is -2.16. The number of hydrogen-bond acceptors (Lipinski definition) is 2. The molecule has 1 aliphatic heterocycles. The molecular weight excluding hydrogens is 182 g/mol. The topological polar surface area (TPSA) is 20.3 Å². The minimum atomic E-state index is 0.273. The third-order valence-corrected chi connectivity index (χ3v) is 2.96. The van der Waals surface area contributed by atoms with Gasteiger partial charge in [-0.05, 0) is 11.5 Å². The molecule has 0 aromatic heterocycles. The van der Waals surface area contributed by atoms with Crippen LogP contribution in [0.15, 0.2) is 12.2 Å². The van der Waals surface area contributed by atoms with Crippen LogP contribution in [0.2, 0.25) is 0 Å². The molecule has 2 nitrogen and oxygen atoms in total. The summed E-state index contributed by atoms with van der Waals surface area (Å²) < 4.78 is 0. The van der Waals surface area contributed by atoms with E-state index in [2.05, 4.69) is 26.1 Å². The van der Waals surface area contributed by atoms with E-state index in [1.807, 2.05) is 4.90 Å². The van der Waals surface area contributed by atoms with Gasteiger partial charge < -0.3 is 4.90 Å². The fraction of sp³-hybridized carbons (Fsp3) is 0.700. The highest BCUT2D eigenvalue weighted by molar-refractivity contribution is 7.80. The van der Waals surface area contributed by atoms with Gasteiger partial charge in [0.2, 0.25) is 5.91 Å². The molecule has 1 aliphatic rings. The summed E-state index contributed by atoms with van der Waals surface area (Å²) in [6, 6.07) is 0. The standard InChI is InChI=1S/C10H17NOS/c1-3-9-4-10(12)11(6-9)5-8(2)7-13/h9,13H,2-7H2,1H3. The number of likely N-dealkylation sites (tertiary alicyclic amines) is 1. The highest BCUT2D eigenvalue weighted by Gasteiger charge is 2.27. The third-order valence-electron chi connectivity index (χ3n) is 2.51. The van der Waals surface area contributed by atoms with Crippen LogP contribution >= 0.6 is 12.6 Å². The average Bonchev–Trinajstić information content (AvgIpc) is 2.47. The third kappa shape index (κ3) is 2.76. The van der Waals surface area contributed by atoms with E-state index in [1.54, 1.807) is 0 Å². The monoisotopic (exact) mass is 199 g/mol. The van der Waals surface area contributed by atoms with Crippen LogP contribution in [0.3, 0.4) is 0 Å². The number of carbonyl (C=O) groups excluding carboxylic acids is 1. The Morgan fingerprint density at radius 3 is 2.92 bits per heavy atom. The van der Waals surface area contributed by atoms with Gasteiger partial charge in [-0.15, -0.1) is 0 Å². The van der Waals surface area contributed by atoms with Crippen LogP contribution in [0.1, 0.15) is 19.8 Å². The van der Waals surface area contributed by atoms with E-state index in [9.17, 15) is 4.79 Å². The van der Waals surface area contributed by atoms with Gasteiger partial charge in [-0.3, -0.25) is 4.79 Å². The molecule has 0 aromatic carbocycles. The van der Waals surface area contributed by atoms with Crippen LogP contribution in [-0.4, -0.2) is 29.6 Å². The van der Waals surface area contributed by atoms with Crippen molar-refractivity contribution < 1.29 is 4.79 Å². The van der Waals surface area contributed by atoms with Crippen LogP contribution < -0.4 is 0 Å². The Balaban J connectivity index is 2.43. The summed E-state index contributed by atoms with van der Waals surface area (Å²) in [4.78, 5) is 13.4. The van der Waals surface area contributed by atoms with Crippen molar-refractivity contribution in [3.8, 4) is 0 Å². The van der Waals surface area contributed by atoms with Crippen LogP contribution in [0, 0.1) is 5.92 Å². The highest BCUT2D eigenvalue weighted by atomic mass is 32.1. The molecule has 1 unspecified atom stereocenters. The molecule has 1 saturated heterocycles. The molecule has 1 fully saturated rings. The Labute approximate surface area is 85.4 Å². The largest absolute Gasteiger partial charge is 0.338 e. The van der Waals surface area contributed by atoms with E-state index >= 15 is 0 Å². The van der Waals surface area contributed by atoms with Gasteiger partial charge in [-0.2, -0.15) is 12.6 Å². The first-order valence-electron chi connectivity index (χ1n) is 4.72. The summed E-state index contributed by atoms with van der Waals surface area (Å²) in [5.41, 5.74) is 1.02. The van der Waals surface area contributed by atoms with E-state index in [0.717, 1.165) is 25.0 Å². The minimum Gasteiger partial charge on any atom is -0.338 e. The molecule has 13 heavy (non-hydrogen) atoms. The molecule has 1 amide bonds. The predicted molar refractivity (Wildman–Crippen MR) is 58.0 cm³/mol. The molecule has 0 N–H and O–H groups in total. The van der Waals surface area contributed by atoms with Crippen molar-refractivity contribution in [3.05, 3.63) is 12.2 Å². The van der Waals surface area contributed by atoms with Gasteiger partial charge in [0.05, 0.1) is 0 Å². The summed E-state index contributed by atoms with van der Waals surface area (Å²) in [7, 11) is 0. The van der Waals surface area contributed by atoms with Gasteiger partial charge in [0.15, 0.2) is 0 Å². The molecule has 0 saturated carbocycles. The number of thiol groups is 1. The Morgan fingerprint density at radius 1 is 1.77 bits per heavy atom. The SMILES string of the molecule is C=C(CS)CN1CC(CC)CC1=O. The maximum atomic E-state index is 11.5. The Morgan fingerprint density at radius 2 is 2.46 bits per heavy atom. The zero-order chi connectivity index (χ0) is 9.84. The lowest BCUT2D eigenvalue weighted by atomic mass is 10.1. The van der Waals surface area contributed by atoms with E-state index in [1.165, 1.54) is 0 Å². The maximum Gasteiger partial charge on any atom is 0.223 e. The number of rotatable bonds is 4. The summed E-state index contributed by atoms with van der Waals surface area (Å²) in [5, 5.41) is 0.